The van der Waals surface area contributed by atoms with Gasteiger partial charge in [0.25, 0.3) is 0 Å². The van der Waals surface area contributed by atoms with Crippen molar-refractivity contribution in [2.45, 2.75) is 89.3 Å². The summed E-state index contributed by atoms with van der Waals surface area (Å²) in [4.78, 5) is 31.5. The van der Waals surface area contributed by atoms with Gasteiger partial charge in [0, 0.05) is 24.7 Å². The highest BCUT2D eigenvalue weighted by Crippen LogP contribution is 2.66. The largest absolute Gasteiger partial charge is 0.439 e. The van der Waals surface area contributed by atoms with Crippen molar-refractivity contribution in [1.82, 2.24) is 34.8 Å². The molecule has 210 valence electrons. The van der Waals surface area contributed by atoms with E-state index in [9.17, 15) is 4.79 Å². The van der Waals surface area contributed by atoms with Crippen molar-refractivity contribution in [3.8, 4) is 11.6 Å². The van der Waals surface area contributed by atoms with Gasteiger partial charge in [0.2, 0.25) is 17.6 Å². The number of fused-ring (bicyclic) bond motifs is 1. The molecular formula is C28H35N9O3. The van der Waals surface area contributed by atoms with E-state index in [1.807, 2.05) is 13.1 Å². The lowest BCUT2D eigenvalue weighted by atomic mass is 9.78. The number of hydrogen-bond donors (Lipinski definition) is 2. The molecule has 1 atom stereocenters. The van der Waals surface area contributed by atoms with E-state index in [2.05, 4.69) is 37.0 Å². The third-order valence-electron chi connectivity index (χ3n) is 10.2. The molecule has 4 heterocycles. The molecule has 4 aromatic heterocycles. The maximum absolute atomic E-state index is 11.8. The molecule has 4 aliphatic carbocycles. The van der Waals surface area contributed by atoms with Crippen LogP contribution in [-0.2, 0) is 6.54 Å². The summed E-state index contributed by atoms with van der Waals surface area (Å²) in [5, 5.41) is 11.9. The van der Waals surface area contributed by atoms with Gasteiger partial charge < -0.3 is 19.3 Å². The molecule has 0 amide bonds. The Bertz CT molecular complexity index is 1600. The fourth-order valence-corrected chi connectivity index (χ4v) is 7.24. The summed E-state index contributed by atoms with van der Waals surface area (Å²) in [7, 11) is 2.04. The van der Waals surface area contributed by atoms with E-state index in [1.165, 1.54) is 44.9 Å². The molecule has 8 rings (SSSR count). The van der Waals surface area contributed by atoms with Gasteiger partial charge in [-0.1, -0.05) is 36.5 Å². The van der Waals surface area contributed by atoms with Crippen LogP contribution in [0.3, 0.4) is 0 Å². The maximum Gasteiger partial charge on any atom is 0.439 e. The van der Waals surface area contributed by atoms with Crippen molar-refractivity contribution in [3.63, 3.8) is 0 Å². The van der Waals surface area contributed by atoms with E-state index in [1.54, 1.807) is 6.26 Å². The normalized spacial score (nSPS) is 27.1. The van der Waals surface area contributed by atoms with E-state index in [4.69, 9.17) is 24.0 Å². The average Bonchev–Trinajstić information content (AvgIpc) is 3.53. The van der Waals surface area contributed by atoms with Crippen LogP contribution in [0, 0.1) is 17.3 Å². The topological polar surface area (TPSA) is 144 Å². The van der Waals surface area contributed by atoms with Crippen LogP contribution in [0.2, 0.25) is 0 Å². The molecule has 1 unspecified atom stereocenters. The smallest absolute Gasteiger partial charge is 0.364 e. The van der Waals surface area contributed by atoms with E-state index < -0.39 is 5.76 Å². The van der Waals surface area contributed by atoms with Gasteiger partial charge in [-0.2, -0.15) is 4.98 Å². The van der Waals surface area contributed by atoms with Crippen LogP contribution in [0.15, 0.2) is 26.2 Å². The second kappa shape index (κ2) is 8.65. The molecule has 0 bridgehead atoms. The number of aromatic nitrogens is 7. The van der Waals surface area contributed by atoms with Crippen LogP contribution < -0.4 is 16.0 Å². The zero-order valence-electron chi connectivity index (χ0n) is 23.0. The lowest BCUT2D eigenvalue weighted by Crippen LogP contribution is -2.36. The van der Waals surface area contributed by atoms with Crippen LogP contribution in [0.5, 0.6) is 0 Å². The minimum Gasteiger partial charge on any atom is -0.364 e. The van der Waals surface area contributed by atoms with Gasteiger partial charge in [-0.15, -0.1) is 0 Å². The van der Waals surface area contributed by atoms with E-state index in [0.29, 0.717) is 35.4 Å². The van der Waals surface area contributed by atoms with Crippen molar-refractivity contribution < 1.29 is 9.05 Å². The minimum absolute atomic E-state index is 0.0669. The Morgan fingerprint density at radius 1 is 1.12 bits per heavy atom. The minimum atomic E-state index is -0.633. The van der Waals surface area contributed by atoms with Crippen LogP contribution in [-0.4, -0.2) is 47.4 Å². The van der Waals surface area contributed by atoms with Gasteiger partial charge in [-0.25, -0.2) is 14.8 Å². The molecule has 0 saturated heterocycles. The summed E-state index contributed by atoms with van der Waals surface area (Å²) in [5.74, 6) is 2.93. The number of aromatic amines is 1. The third-order valence-corrected chi connectivity index (χ3v) is 10.2. The van der Waals surface area contributed by atoms with E-state index in [0.717, 1.165) is 48.2 Å². The van der Waals surface area contributed by atoms with Crippen LogP contribution in [0.1, 0.15) is 82.9 Å². The Labute approximate surface area is 230 Å². The molecule has 0 aromatic carbocycles. The summed E-state index contributed by atoms with van der Waals surface area (Å²) in [6, 6.07) is 2.21. The molecule has 12 heteroatoms. The highest BCUT2D eigenvalue weighted by Gasteiger charge is 2.57. The lowest BCUT2D eigenvalue weighted by Gasteiger charge is -2.35. The van der Waals surface area contributed by atoms with Crippen LogP contribution >= 0.6 is 0 Å². The Hall–Kier alpha value is -3.70. The Morgan fingerprint density at radius 3 is 2.60 bits per heavy atom. The number of anilines is 2. The number of nitrogens with one attached hydrogen (secondary N) is 2. The number of nitrogens with zero attached hydrogens (tertiary/aromatic N) is 7. The first-order valence-electron chi connectivity index (χ1n) is 14.7. The van der Waals surface area contributed by atoms with Gasteiger partial charge >= 0.3 is 5.76 Å². The Morgan fingerprint density at radius 2 is 1.95 bits per heavy atom. The predicted molar refractivity (Wildman–Crippen MR) is 147 cm³/mol. The summed E-state index contributed by atoms with van der Waals surface area (Å²) in [6.45, 7) is 2.93. The van der Waals surface area contributed by atoms with Gasteiger partial charge in [0.1, 0.15) is 17.5 Å². The van der Waals surface area contributed by atoms with E-state index >= 15 is 0 Å². The average molecular weight is 546 g/mol. The number of rotatable bonds is 8. The lowest BCUT2D eigenvalue weighted by molar-refractivity contribution is 0.252. The monoisotopic (exact) mass is 545 g/mol. The summed E-state index contributed by atoms with van der Waals surface area (Å²) in [6.07, 6.45) is 13.8. The fourth-order valence-electron chi connectivity index (χ4n) is 7.24. The zero-order valence-corrected chi connectivity index (χ0v) is 23.0. The van der Waals surface area contributed by atoms with Crippen LogP contribution in [0.4, 0.5) is 11.8 Å². The molecule has 0 radical (unpaired) electrons. The third kappa shape index (κ3) is 3.86. The molecule has 1 spiro atoms. The van der Waals surface area contributed by atoms with Crippen molar-refractivity contribution in [2.75, 3.05) is 17.3 Å². The van der Waals surface area contributed by atoms with Gasteiger partial charge in [-0.05, 0) is 62.2 Å². The molecule has 4 fully saturated rings. The van der Waals surface area contributed by atoms with Crippen LogP contribution in [0.25, 0.3) is 22.8 Å². The molecule has 4 saturated carbocycles. The molecule has 12 nitrogen and oxygen atoms in total. The SMILES string of the molecule is CC1CCC2(CC1)CC2n1c(N(C)Cc2ccon2)nc2nc(-c3noc(=O)[nH]3)nc(NC3(C4CCC4)CC3)c21. The van der Waals surface area contributed by atoms with Gasteiger partial charge in [-0.3, -0.25) is 9.51 Å². The summed E-state index contributed by atoms with van der Waals surface area (Å²) in [5.41, 5.74) is 2.72. The maximum atomic E-state index is 11.8. The molecule has 4 aliphatic rings. The quantitative estimate of drug-likeness (QED) is 0.320. The number of H-pyrrole nitrogens is 1. The van der Waals surface area contributed by atoms with Gasteiger partial charge in [0.15, 0.2) is 11.5 Å². The Balaban J connectivity index is 1.28. The number of hydrogen-bond acceptors (Lipinski definition) is 10. The van der Waals surface area contributed by atoms with Crippen molar-refractivity contribution in [1.29, 1.82) is 0 Å². The molecule has 4 aromatic rings. The van der Waals surface area contributed by atoms with E-state index in [-0.39, 0.29) is 11.4 Å². The van der Waals surface area contributed by atoms with Gasteiger partial charge in [0.05, 0.1) is 6.54 Å². The summed E-state index contributed by atoms with van der Waals surface area (Å²) >= 11 is 0. The summed E-state index contributed by atoms with van der Waals surface area (Å²) < 4.78 is 12.3. The van der Waals surface area contributed by atoms with Crippen molar-refractivity contribution in [2.24, 2.45) is 17.3 Å². The second-order valence-electron chi connectivity index (χ2n) is 12.8. The zero-order chi connectivity index (χ0) is 27.1. The molecule has 0 aliphatic heterocycles. The second-order valence-corrected chi connectivity index (χ2v) is 12.8. The highest BCUT2D eigenvalue weighted by molar-refractivity contribution is 5.88. The first-order valence-corrected chi connectivity index (χ1v) is 14.7. The first-order chi connectivity index (χ1) is 19.4. The molecule has 2 N–H and O–H groups in total. The molecule has 40 heavy (non-hydrogen) atoms. The first kappa shape index (κ1) is 24.1. The standard InChI is InChI=1S/C28H35N9O3/c1-16-6-9-27(10-7-16)14-19(27)37-20-21(31-25(37)36(2)15-18-8-13-39-34-18)29-23(24-32-26(38)40-35-24)30-22(20)33-28(11-12-28)17-4-3-5-17/h8,13,16-17,19H,3-7,9-12,14-15H2,1-2H3,(H,29,30,33)(H,32,35,38). The predicted octanol–water partition coefficient (Wildman–Crippen LogP) is 4.68. The highest BCUT2D eigenvalue weighted by atomic mass is 16.5. The molecular weight excluding hydrogens is 510 g/mol. The van der Waals surface area contributed by atoms with Crippen molar-refractivity contribution in [3.05, 3.63) is 28.6 Å². The fraction of sp³-hybridized carbons (Fsp3) is 0.643. The number of imidazole rings is 1. The van der Waals surface area contributed by atoms with Crippen molar-refractivity contribution >= 4 is 22.9 Å². The Kier molecular flexibility index (Phi) is 5.22.